The number of amides is 1. The number of nitrogens with two attached hydrogens (primary N) is 1. The number of nitrogens with one attached hydrogen (secondary N) is 1. The van der Waals surface area contributed by atoms with Gasteiger partial charge in [0.15, 0.2) is 5.78 Å². The molecule has 1 aromatic rings. The van der Waals surface area contributed by atoms with Gasteiger partial charge in [0.05, 0.1) is 19.4 Å². The van der Waals surface area contributed by atoms with Crippen molar-refractivity contribution in [1.29, 1.82) is 0 Å². The van der Waals surface area contributed by atoms with Crippen LogP contribution in [0, 0.1) is 0 Å². The predicted octanol–water partition coefficient (Wildman–Crippen LogP) is 3.01. The van der Waals surface area contributed by atoms with Gasteiger partial charge in [-0.05, 0) is 25.1 Å². The molecule has 1 aromatic carbocycles. The van der Waals surface area contributed by atoms with E-state index >= 15 is 0 Å². The summed E-state index contributed by atoms with van der Waals surface area (Å²) in [6.45, 7) is 5.84. The lowest BCUT2D eigenvalue weighted by atomic mass is 10.0. The predicted molar refractivity (Wildman–Crippen MR) is 92.4 cm³/mol. The number of hydrogen-bond acceptors (Lipinski definition) is 6. The molecule has 7 nitrogen and oxygen atoms in total. The molecule has 134 valence electrons. The molecule has 0 saturated heterocycles. The van der Waals surface area contributed by atoms with Gasteiger partial charge in [0, 0.05) is 17.0 Å². The summed E-state index contributed by atoms with van der Waals surface area (Å²) in [6, 6.07) is 3.27. The van der Waals surface area contributed by atoms with Gasteiger partial charge in [-0.2, -0.15) is 0 Å². The van der Waals surface area contributed by atoms with Crippen molar-refractivity contribution in [3.8, 4) is 0 Å². The van der Waals surface area contributed by atoms with Crippen molar-refractivity contribution in [2.45, 2.75) is 33.2 Å². The van der Waals surface area contributed by atoms with Gasteiger partial charge in [-0.1, -0.05) is 25.4 Å². The largest absolute Gasteiger partial charge is 0.468 e. The van der Waals surface area contributed by atoms with Gasteiger partial charge in [0.2, 0.25) is 0 Å². The molecular formula is C16H23ClN2O5. The Morgan fingerprint density at radius 2 is 1.92 bits per heavy atom. The Kier molecular flexibility index (Phi) is 10.4. The van der Waals surface area contributed by atoms with Crippen LogP contribution < -0.4 is 11.1 Å². The summed E-state index contributed by atoms with van der Waals surface area (Å²) >= 11 is 5.86. The van der Waals surface area contributed by atoms with E-state index in [1.165, 1.54) is 25.3 Å². The molecule has 1 amide bonds. The van der Waals surface area contributed by atoms with Crippen LogP contribution in [0.3, 0.4) is 0 Å². The van der Waals surface area contributed by atoms with Crippen LogP contribution in [0.25, 0.3) is 0 Å². The summed E-state index contributed by atoms with van der Waals surface area (Å²) in [4.78, 5) is 35.0. The molecule has 0 spiro atoms. The van der Waals surface area contributed by atoms with Gasteiger partial charge in [-0.25, -0.2) is 4.79 Å². The molecule has 1 atom stereocenters. The van der Waals surface area contributed by atoms with Crippen LogP contribution in [-0.2, 0) is 14.3 Å². The second-order valence-corrected chi connectivity index (χ2v) is 4.73. The number of ether oxygens (including phenoxy) is 2. The van der Waals surface area contributed by atoms with Crippen molar-refractivity contribution in [2.24, 2.45) is 5.73 Å². The summed E-state index contributed by atoms with van der Waals surface area (Å²) in [7, 11) is 1.18. The Hall–Kier alpha value is -2.12. The fraction of sp³-hybridized carbons (Fsp3) is 0.438. The highest BCUT2D eigenvalue weighted by atomic mass is 35.5. The summed E-state index contributed by atoms with van der Waals surface area (Å²) < 4.78 is 9.22. The van der Waals surface area contributed by atoms with Gasteiger partial charge < -0.3 is 15.2 Å². The Morgan fingerprint density at radius 1 is 1.29 bits per heavy atom. The maximum absolute atomic E-state index is 12.2. The summed E-state index contributed by atoms with van der Waals surface area (Å²) in [6.07, 6.45) is -0.970. The number of halogens is 1. The van der Waals surface area contributed by atoms with Crippen LogP contribution in [0.4, 0.5) is 10.5 Å². The SMILES string of the molecule is CC.CCOC(=O)Nc1cc(Cl)ccc1C(=O)CC(N)C(=O)OC. The van der Waals surface area contributed by atoms with E-state index in [4.69, 9.17) is 22.1 Å². The molecule has 0 aliphatic rings. The number of hydrogen-bond donors (Lipinski definition) is 2. The smallest absolute Gasteiger partial charge is 0.411 e. The molecule has 0 heterocycles. The van der Waals surface area contributed by atoms with Gasteiger partial charge in [-0.3, -0.25) is 14.9 Å². The zero-order valence-electron chi connectivity index (χ0n) is 14.2. The van der Waals surface area contributed by atoms with Crippen LogP contribution in [-0.4, -0.2) is 37.6 Å². The molecule has 0 fully saturated rings. The number of anilines is 1. The summed E-state index contributed by atoms with van der Waals surface area (Å²) in [5.41, 5.74) is 5.93. The normalized spacial score (nSPS) is 10.8. The highest BCUT2D eigenvalue weighted by Gasteiger charge is 2.21. The number of esters is 1. The number of Topliss-reactive ketones (excluding diaryl/α,β-unsaturated/α-hetero) is 1. The van der Waals surface area contributed by atoms with Crippen LogP contribution in [0.5, 0.6) is 0 Å². The number of carbonyl (C=O) groups is 3. The van der Waals surface area contributed by atoms with Crippen molar-refractivity contribution in [3.05, 3.63) is 28.8 Å². The first kappa shape index (κ1) is 21.9. The lowest BCUT2D eigenvalue weighted by molar-refractivity contribution is -0.142. The standard InChI is InChI=1S/C14H17ClN2O5.C2H6/c1-3-22-14(20)17-11-6-8(15)4-5-9(11)12(18)7-10(16)13(19)21-2;1-2/h4-6,10H,3,7,16H2,1-2H3,(H,17,20);1-2H3. The van der Waals surface area contributed by atoms with Crippen LogP contribution >= 0.6 is 11.6 Å². The molecule has 3 N–H and O–H groups in total. The molecule has 24 heavy (non-hydrogen) atoms. The number of benzene rings is 1. The third-order valence-corrected chi connectivity index (χ3v) is 2.94. The van der Waals surface area contributed by atoms with Gasteiger partial charge >= 0.3 is 12.1 Å². The van der Waals surface area contributed by atoms with Crippen molar-refractivity contribution < 1.29 is 23.9 Å². The zero-order chi connectivity index (χ0) is 18.7. The Labute approximate surface area is 146 Å². The average Bonchev–Trinajstić information content (AvgIpc) is 2.56. The van der Waals surface area contributed by atoms with Gasteiger partial charge in [0.25, 0.3) is 0 Å². The fourth-order valence-electron chi connectivity index (χ4n) is 1.68. The van der Waals surface area contributed by atoms with E-state index in [1.54, 1.807) is 6.92 Å². The van der Waals surface area contributed by atoms with E-state index < -0.39 is 23.9 Å². The minimum atomic E-state index is -1.08. The van der Waals surface area contributed by atoms with E-state index in [1.807, 2.05) is 13.8 Å². The summed E-state index contributed by atoms with van der Waals surface area (Å²) in [5, 5.41) is 2.76. The van der Waals surface area contributed by atoms with E-state index in [9.17, 15) is 14.4 Å². The Morgan fingerprint density at radius 3 is 2.46 bits per heavy atom. The van der Waals surface area contributed by atoms with Crippen molar-refractivity contribution in [1.82, 2.24) is 0 Å². The molecule has 0 aliphatic carbocycles. The molecule has 0 bridgehead atoms. The average molecular weight is 359 g/mol. The van der Waals surface area contributed by atoms with Crippen LogP contribution in [0.2, 0.25) is 5.02 Å². The number of methoxy groups -OCH3 is 1. The second kappa shape index (κ2) is 11.4. The monoisotopic (exact) mass is 358 g/mol. The van der Waals surface area contributed by atoms with Crippen LogP contribution in [0.1, 0.15) is 37.6 Å². The number of carbonyl (C=O) groups excluding carboxylic acids is 3. The van der Waals surface area contributed by atoms with Crippen LogP contribution in [0.15, 0.2) is 18.2 Å². The first-order valence-corrected chi connectivity index (χ1v) is 7.86. The second-order valence-electron chi connectivity index (χ2n) is 4.29. The summed E-state index contributed by atoms with van der Waals surface area (Å²) in [5.74, 6) is -1.12. The van der Waals surface area contributed by atoms with E-state index in [-0.39, 0.29) is 24.3 Å². The third-order valence-electron chi connectivity index (χ3n) is 2.70. The molecule has 0 saturated carbocycles. The first-order chi connectivity index (χ1) is 11.4. The first-order valence-electron chi connectivity index (χ1n) is 7.49. The van der Waals surface area contributed by atoms with Crippen molar-refractivity contribution in [2.75, 3.05) is 19.0 Å². The topological polar surface area (TPSA) is 108 Å². The van der Waals surface area contributed by atoms with E-state index in [0.29, 0.717) is 5.02 Å². The maximum Gasteiger partial charge on any atom is 0.411 e. The molecule has 0 radical (unpaired) electrons. The Bertz CT molecular complexity index is 578. The molecule has 1 rings (SSSR count). The molecular weight excluding hydrogens is 336 g/mol. The lowest BCUT2D eigenvalue weighted by Gasteiger charge is -2.12. The van der Waals surface area contributed by atoms with Gasteiger partial charge in [-0.15, -0.1) is 0 Å². The maximum atomic E-state index is 12.2. The van der Waals surface area contributed by atoms with E-state index in [0.717, 1.165) is 0 Å². The minimum absolute atomic E-state index is 0.178. The molecule has 0 aromatic heterocycles. The third kappa shape index (κ3) is 6.97. The zero-order valence-corrected chi connectivity index (χ0v) is 15.0. The van der Waals surface area contributed by atoms with E-state index in [2.05, 4.69) is 10.1 Å². The molecule has 8 heteroatoms. The minimum Gasteiger partial charge on any atom is -0.468 e. The lowest BCUT2D eigenvalue weighted by Crippen LogP contribution is -2.34. The number of ketones is 1. The Balaban J connectivity index is 0.00000254. The van der Waals surface area contributed by atoms with Gasteiger partial charge in [0.1, 0.15) is 6.04 Å². The van der Waals surface area contributed by atoms with Crippen molar-refractivity contribution >= 4 is 35.1 Å². The number of rotatable bonds is 6. The highest BCUT2D eigenvalue weighted by Crippen LogP contribution is 2.23. The quantitative estimate of drug-likeness (QED) is 0.597. The fourth-order valence-corrected chi connectivity index (χ4v) is 1.86. The highest BCUT2D eigenvalue weighted by molar-refractivity contribution is 6.31. The molecule has 0 aliphatic heterocycles. The molecule has 1 unspecified atom stereocenters. The van der Waals surface area contributed by atoms with Crippen molar-refractivity contribution in [3.63, 3.8) is 0 Å².